The van der Waals surface area contributed by atoms with Crippen molar-refractivity contribution in [2.24, 2.45) is 5.92 Å². The van der Waals surface area contributed by atoms with Gasteiger partial charge in [0.15, 0.2) is 0 Å². The fourth-order valence-corrected chi connectivity index (χ4v) is 3.84. The van der Waals surface area contributed by atoms with Crippen LogP contribution in [0.5, 0.6) is 0 Å². The highest BCUT2D eigenvalue weighted by atomic mass is 32.2. The number of piperidine rings is 1. The monoisotopic (exact) mass is 395 g/mol. The molecule has 150 valence electrons. The molecule has 2 rings (SSSR count). The summed E-state index contributed by atoms with van der Waals surface area (Å²) in [7, 11) is -3.35. The number of carbonyl (C=O) groups is 2. The van der Waals surface area contributed by atoms with Gasteiger partial charge in [-0.3, -0.25) is 14.3 Å². The lowest BCUT2D eigenvalue weighted by atomic mass is 9.96. The molecule has 2 atom stereocenters. The quantitative estimate of drug-likeness (QED) is 0.740. The second-order valence-corrected chi connectivity index (χ2v) is 8.91. The fraction of sp³-hybridized carbons (Fsp3) is 0.579. The fourth-order valence-electron chi connectivity index (χ4n) is 3.29. The first-order valence-corrected chi connectivity index (χ1v) is 11.2. The molecule has 1 saturated heterocycles. The maximum absolute atomic E-state index is 12.7. The van der Waals surface area contributed by atoms with E-state index in [0.717, 1.165) is 37.6 Å². The zero-order chi connectivity index (χ0) is 20.0. The molecular weight excluding hydrogens is 366 g/mol. The number of rotatable bonds is 7. The number of amides is 2. The number of nitrogens with one attached hydrogen (secondary N) is 2. The van der Waals surface area contributed by atoms with E-state index in [2.05, 4.69) is 10.0 Å². The molecule has 0 aliphatic carbocycles. The summed E-state index contributed by atoms with van der Waals surface area (Å²) in [6.07, 6.45) is 4.02. The van der Waals surface area contributed by atoms with Gasteiger partial charge < -0.3 is 10.2 Å². The third-order valence-electron chi connectivity index (χ3n) is 4.66. The van der Waals surface area contributed by atoms with E-state index in [4.69, 9.17) is 0 Å². The van der Waals surface area contributed by atoms with Crippen LogP contribution < -0.4 is 10.0 Å². The van der Waals surface area contributed by atoms with Crippen LogP contribution in [0.1, 0.15) is 51.1 Å². The van der Waals surface area contributed by atoms with E-state index in [1.807, 2.05) is 19.9 Å². The summed E-state index contributed by atoms with van der Waals surface area (Å²) in [4.78, 5) is 26.6. The van der Waals surface area contributed by atoms with E-state index in [9.17, 15) is 18.0 Å². The molecule has 7 nitrogen and oxygen atoms in total. The van der Waals surface area contributed by atoms with Gasteiger partial charge in [-0.15, -0.1) is 0 Å². The molecule has 2 amide bonds. The van der Waals surface area contributed by atoms with Gasteiger partial charge in [0.1, 0.15) is 0 Å². The van der Waals surface area contributed by atoms with Gasteiger partial charge in [0, 0.05) is 25.2 Å². The second kappa shape index (κ2) is 9.21. The molecule has 0 bridgehead atoms. The summed E-state index contributed by atoms with van der Waals surface area (Å²) in [5.41, 5.74) is 1.27. The number of sulfonamides is 1. The molecule has 27 heavy (non-hydrogen) atoms. The third-order valence-corrected chi connectivity index (χ3v) is 5.26. The minimum atomic E-state index is -3.35. The Morgan fingerprint density at radius 3 is 2.74 bits per heavy atom. The molecule has 2 unspecified atom stereocenters. The van der Waals surface area contributed by atoms with Crippen LogP contribution in [0.25, 0.3) is 0 Å². The van der Waals surface area contributed by atoms with Crippen LogP contribution in [0.4, 0.5) is 5.69 Å². The van der Waals surface area contributed by atoms with Crippen LogP contribution in [0, 0.1) is 5.92 Å². The van der Waals surface area contributed by atoms with E-state index in [-0.39, 0.29) is 23.8 Å². The van der Waals surface area contributed by atoms with Crippen molar-refractivity contribution in [3.63, 3.8) is 0 Å². The summed E-state index contributed by atoms with van der Waals surface area (Å²) in [5, 5.41) is 2.99. The molecule has 0 spiro atoms. The topological polar surface area (TPSA) is 95.6 Å². The van der Waals surface area contributed by atoms with Crippen LogP contribution in [-0.4, -0.2) is 44.5 Å². The molecule has 1 aliphatic heterocycles. The van der Waals surface area contributed by atoms with Crippen LogP contribution in [0.15, 0.2) is 24.3 Å². The van der Waals surface area contributed by atoms with Gasteiger partial charge in [0.05, 0.1) is 18.2 Å². The Balaban J connectivity index is 1.98. The minimum Gasteiger partial charge on any atom is -0.349 e. The van der Waals surface area contributed by atoms with Gasteiger partial charge in [-0.25, -0.2) is 8.42 Å². The Morgan fingerprint density at radius 2 is 2.07 bits per heavy atom. The molecule has 1 heterocycles. The molecule has 1 aromatic rings. The van der Waals surface area contributed by atoms with Gasteiger partial charge >= 0.3 is 0 Å². The number of benzene rings is 1. The van der Waals surface area contributed by atoms with Crippen LogP contribution in [0.3, 0.4) is 0 Å². The Kier molecular flexibility index (Phi) is 7.24. The summed E-state index contributed by atoms with van der Waals surface area (Å²) in [5.74, 6) is -0.167. The van der Waals surface area contributed by atoms with E-state index in [0.29, 0.717) is 18.7 Å². The standard InChI is InChI=1S/C19H29N3O4S/c1-4-7-18(23)22-11-6-9-16(13-22)19(24)20-14(2)15-8-5-10-17(12-15)21-27(3,25)26/h5,8,10,12,14,16,21H,4,6-7,9,11,13H2,1-3H3,(H,20,24). The van der Waals surface area contributed by atoms with Gasteiger partial charge in [-0.2, -0.15) is 0 Å². The van der Waals surface area contributed by atoms with Crippen molar-refractivity contribution >= 4 is 27.5 Å². The Hall–Kier alpha value is -2.09. The Morgan fingerprint density at radius 1 is 1.33 bits per heavy atom. The lowest BCUT2D eigenvalue weighted by Gasteiger charge is -2.32. The van der Waals surface area contributed by atoms with Crippen LogP contribution >= 0.6 is 0 Å². The summed E-state index contributed by atoms with van der Waals surface area (Å²) in [6.45, 7) is 5.02. The van der Waals surface area contributed by atoms with Crippen molar-refractivity contribution in [3.8, 4) is 0 Å². The first-order valence-electron chi connectivity index (χ1n) is 9.35. The van der Waals surface area contributed by atoms with Gasteiger partial charge in [-0.05, 0) is 43.9 Å². The summed E-state index contributed by atoms with van der Waals surface area (Å²) in [6, 6.07) is 6.70. The summed E-state index contributed by atoms with van der Waals surface area (Å²) >= 11 is 0. The number of hydrogen-bond donors (Lipinski definition) is 2. The molecule has 2 N–H and O–H groups in total. The van der Waals surface area contributed by atoms with Crippen molar-refractivity contribution in [2.75, 3.05) is 24.1 Å². The highest BCUT2D eigenvalue weighted by Crippen LogP contribution is 2.21. The highest BCUT2D eigenvalue weighted by molar-refractivity contribution is 7.92. The van der Waals surface area contributed by atoms with Gasteiger partial charge in [0.2, 0.25) is 21.8 Å². The molecule has 1 aromatic carbocycles. The Bertz CT molecular complexity index is 779. The van der Waals surface area contributed by atoms with E-state index in [1.54, 1.807) is 23.1 Å². The predicted molar refractivity (Wildman–Crippen MR) is 106 cm³/mol. The number of carbonyl (C=O) groups excluding carboxylic acids is 2. The van der Waals surface area contributed by atoms with E-state index in [1.165, 1.54) is 0 Å². The van der Waals surface area contributed by atoms with E-state index < -0.39 is 10.0 Å². The van der Waals surface area contributed by atoms with Crippen molar-refractivity contribution < 1.29 is 18.0 Å². The molecule has 8 heteroatoms. The molecule has 1 fully saturated rings. The lowest BCUT2D eigenvalue weighted by Crippen LogP contribution is -2.45. The maximum Gasteiger partial charge on any atom is 0.229 e. The van der Waals surface area contributed by atoms with Crippen LogP contribution in [0.2, 0.25) is 0 Å². The number of nitrogens with zero attached hydrogens (tertiary/aromatic N) is 1. The highest BCUT2D eigenvalue weighted by Gasteiger charge is 2.28. The van der Waals surface area contributed by atoms with Crippen LogP contribution in [-0.2, 0) is 19.6 Å². The normalized spacial score (nSPS) is 18.6. The van der Waals surface area contributed by atoms with Crippen molar-refractivity contribution in [3.05, 3.63) is 29.8 Å². The van der Waals surface area contributed by atoms with Gasteiger partial charge in [-0.1, -0.05) is 19.1 Å². The first-order chi connectivity index (χ1) is 12.7. The molecular formula is C19H29N3O4S. The zero-order valence-corrected chi connectivity index (χ0v) is 17.0. The Labute approximate surface area is 161 Å². The minimum absolute atomic E-state index is 0.0713. The van der Waals surface area contributed by atoms with Crippen molar-refractivity contribution in [2.45, 2.75) is 45.6 Å². The molecule has 1 aliphatic rings. The third kappa shape index (κ3) is 6.53. The maximum atomic E-state index is 12.7. The largest absolute Gasteiger partial charge is 0.349 e. The van der Waals surface area contributed by atoms with Crippen molar-refractivity contribution in [1.29, 1.82) is 0 Å². The van der Waals surface area contributed by atoms with Crippen molar-refractivity contribution in [1.82, 2.24) is 10.2 Å². The van der Waals surface area contributed by atoms with Gasteiger partial charge in [0.25, 0.3) is 0 Å². The first kappa shape index (κ1) is 21.2. The number of hydrogen-bond acceptors (Lipinski definition) is 4. The molecule has 0 radical (unpaired) electrons. The SMILES string of the molecule is CCCC(=O)N1CCCC(C(=O)NC(C)c2cccc(NS(C)(=O)=O)c2)C1. The zero-order valence-electron chi connectivity index (χ0n) is 16.2. The lowest BCUT2D eigenvalue weighted by molar-refractivity contribution is -0.135. The summed E-state index contributed by atoms with van der Waals surface area (Å²) < 4.78 is 25.2. The molecule has 0 saturated carbocycles. The predicted octanol–water partition coefficient (Wildman–Crippen LogP) is 2.27. The molecule has 0 aromatic heterocycles. The smallest absolute Gasteiger partial charge is 0.229 e. The van der Waals surface area contributed by atoms with E-state index >= 15 is 0 Å². The number of anilines is 1. The average molecular weight is 396 g/mol. The second-order valence-electron chi connectivity index (χ2n) is 7.16. The average Bonchev–Trinajstić information content (AvgIpc) is 2.60. The number of likely N-dealkylation sites (tertiary alicyclic amines) is 1.